The number of aryl methyl sites for hydroxylation is 2. The van der Waals surface area contributed by atoms with Crippen LogP contribution in [0.5, 0.6) is 5.75 Å². The number of H-pyrrole nitrogens is 1. The number of carbonyl (C=O) groups excluding carboxylic acids is 1. The van der Waals surface area contributed by atoms with Gasteiger partial charge in [0.05, 0.1) is 18.7 Å². The van der Waals surface area contributed by atoms with Crippen molar-refractivity contribution < 1.29 is 14.3 Å². The number of amides is 1. The van der Waals surface area contributed by atoms with Crippen LogP contribution in [0, 0.1) is 13.8 Å². The standard InChI is InChI=1S/C25H27N5O3/c1-16-17(2)28-23-5-3-18(13-20(16)23)29-25(31)24-21-14-19(4-6-22(21)26-15-27-24)33-12-9-30-7-10-32-11-8-30/h3-6,13-15,28H,7-12H2,1-2H3,(H,29,31). The first-order valence-electron chi connectivity index (χ1n) is 11.2. The van der Waals surface area contributed by atoms with Crippen LogP contribution in [-0.4, -0.2) is 65.2 Å². The van der Waals surface area contributed by atoms with Crippen LogP contribution in [0.1, 0.15) is 21.7 Å². The van der Waals surface area contributed by atoms with Gasteiger partial charge < -0.3 is 19.8 Å². The zero-order valence-electron chi connectivity index (χ0n) is 18.9. The number of morpholine rings is 1. The summed E-state index contributed by atoms with van der Waals surface area (Å²) in [5.41, 5.74) is 5.08. The van der Waals surface area contributed by atoms with Gasteiger partial charge in [-0.15, -0.1) is 0 Å². The summed E-state index contributed by atoms with van der Waals surface area (Å²) in [5, 5.41) is 4.73. The molecule has 8 nitrogen and oxygen atoms in total. The predicted octanol–water partition coefficient (Wildman–Crippen LogP) is 3.69. The van der Waals surface area contributed by atoms with E-state index in [1.807, 2.05) is 43.3 Å². The van der Waals surface area contributed by atoms with Gasteiger partial charge >= 0.3 is 0 Å². The highest BCUT2D eigenvalue weighted by atomic mass is 16.5. The van der Waals surface area contributed by atoms with Crippen LogP contribution in [0.4, 0.5) is 5.69 Å². The van der Waals surface area contributed by atoms with Gasteiger partial charge in [-0.05, 0) is 55.8 Å². The Kier molecular flexibility index (Phi) is 5.93. The first-order valence-corrected chi connectivity index (χ1v) is 11.2. The molecule has 0 spiro atoms. The van der Waals surface area contributed by atoms with Crippen LogP contribution in [0.15, 0.2) is 42.7 Å². The van der Waals surface area contributed by atoms with Crippen molar-refractivity contribution in [2.75, 3.05) is 44.8 Å². The molecular weight excluding hydrogens is 418 g/mol. The second-order valence-electron chi connectivity index (χ2n) is 8.29. The smallest absolute Gasteiger partial charge is 0.275 e. The molecule has 170 valence electrons. The van der Waals surface area contributed by atoms with Crippen LogP contribution in [0.3, 0.4) is 0 Å². The van der Waals surface area contributed by atoms with Crippen molar-refractivity contribution in [3.05, 3.63) is 59.7 Å². The maximum Gasteiger partial charge on any atom is 0.275 e. The Morgan fingerprint density at radius 3 is 2.82 bits per heavy atom. The highest BCUT2D eigenvalue weighted by molar-refractivity contribution is 6.11. The molecule has 1 amide bonds. The van der Waals surface area contributed by atoms with Gasteiger partial charge in [-0.1, -0.05) is 0 Å². The first kappa shape index (κ1) is 21.4. The van der Waals surface area contributed by atoms with Gasteiger partial charge in [-0.3, -0.25) is 9.69 Å². The number of aromatic nitrogens is 3. The number of ether oxygens (including phenoxy) is 2. The zero-order chi connectivity index (χ0) is 22.8. The Bertz CT molecular complexity index is 1310. The molecule has 0 aliphatic carbocycles. The largest absolute Gasteiger partial charge is 0.492 e. The van der Waals surface area contributed by atoms with Crippen LogP contribution in [0.2, 0.25) is 0 Å². The fourth-order valence-corrected chi connectivity index (χ4v) is 4.15. The molecule has 0 bridgehead atoms. The van der Waals surface area contributed by atoms with Crippen molar-refractivity contribution in [2.24, 2.45) is 0 Å². The van der Waals surface area contributed by atoms with E-state index in [0.717, 1.165) is 55.1 Å². The van der Waals surface area contributed by atoms with E-state index in [-0.39, 0.29) is 5.91 Å². The molecule has 1 fully saturated rings. The Balaban J connectivity index is 1.34. The normalized spacial score (nSPS) is 14.6. The molecule has 2 aromatic heterocycles. The third-order valence-electron chi connectivity index (χ3n) is 6.17. The van der Waals surface area contributed by atoms with Crippen LogP contribution in [-0.2, 0) is 4.74 Å². The molecule has 0 radical (unpaired) electrons. The number of benzene rings is 2. The Morgan fingerprint density at radius 1 is 1.12 bits per heavy atom. The fraction of sp³-hybridized carbons (Fsp3) is 0.320. The molecule has 4 aromatic rings. The quantitative estimate of drug-likeness (QED) is 0.470. The average molecular weight is 446 g/mol. The molecule has 2 aromatic carbocycles. The lowest BCUT2D eigenvalue weighted by molar-refractivity contribution is 0.0322. The molecule has 1 aliphatic heterocycles. The second kappa shape index (κ2) is 9.17. The average Bonchev–Trinajstić information content (AvgIpc) is 3.12. The van der Waals surface area contributed by atoms with E-state index in [0.29, 0.717) is 29.0 Å². The van der Waals surface area contributed by atoms with Crippen molar-refractivity contribution >= 4 is 33.4 Å². The number of nitrogens with one attached hydrogen (secondary N) is 2. The number of fused-ring (bicyclic) bond motifs is 2. The second-order valence-corrected chi connectivity index (χ2v) is 8.29. The summed E-state index contributed by atoms with van der Waals surface area (Å²) in [5.74, 6) is 0.413. The van der Waals surface area contributed by atoms with Crippen molar-refractivity contribution in [3.63, 3.8) is 0 Å². The van der Waals surface area contributed by atoms with Gasteiger partial charge in [0.2, 0.25) is 0 Å². The zero-order valence-corrected chi connectivity index (χ0v) is 18.9. The Morgan fingerprint density at radius 2 is 1.97 bits per heavy atom. The van der Waals surface area contributed by atoms with Gasteiger partial charge in [0.15, 0.2) is 0 Å². The number of hydrogen-bond acceptors (Lipinski definition) is 6. The van der Waals surface area contributed by atoms with E-state index in [4.69, 9.17) is 9.47 Å². The minimum atomic E-state index is -0.280. The molecule has 1 aliphatic rings. The Labute approximate surface area is 191 Å². The Hall–Kier alpha value is -3.49. The van der Waals surface area contributed by atoms with Crippen molar-refractivity contribution in [1.29, 1.82) is 0 Å². The van der Waals surface area contributed by atoms with Crippen LogP contribution >= 0.6 is 0 Å². The monoisotopic (exact) mass is 445 g/mol. The van der Waals surface area contributed by atoms with Crippen molar-refractivity contribution in [2.45, 2.75) is 13.8 Å². The summed E-state index contributed by atoms with van der Waals surface area (Å²) < 4.78 is 11.3. The van der Waals surface area contributed by atoms with Gasteiger partial charge in [0, 0.05) is 47.3 Å². The molecule has 33 heavy (non-hydrogen) atoms. The van der Waals surface area contributed by atoms with E-state index in [9.17, 15) is 4.79 Å². The molecule has 0 atom stereocenters. The molecule has 1 saturated heterocycles. The number of nitrogens with zero attached hydrogens (tertiary/aromatic N) is 3. The molecule has 5 rings (SSSR count). The van der Waals surface area contributed by atoms with Crippen LogP contribution in [0.25, 0.3) is 21.8 Å². The van der Waals surface area contributed by atoms with Crippen LogP contribution < -0.4 is 10.1 Å². The molecule has 8 heteroatoms. The lowest BCUT2D eigenvalue weighted by Crippen LogP contribution is -2.38. The van der Waals surface area contributed by atoms with Gasteiger partial charge in [-0.25, -0.2) is 9.97 Å². The predicted molar refractivity (Wildman–Crippen MR) is 128 cm³/mol. The number of anilines is 1. The highest BCUT2D eigenvalue weighted by Gasteiger charge is 2.15. The summed E-state index contributed by atoms with van der Waals surface area (Å²) in [6, 6.07) is 11.4. The number of aromatic amines is 1. The molecule has 3 heterocycles. The third kappa shape index (κ3) is 4.53. The lowest BCUT2D eigenvalue weighted by Gasteiger charge is -2.26. The summed E-state index contributed by atoms with van der Waals surface area (Å²) in [4.78, 5) is 27.4. The highest BCUT2D eigenvalue weighted by Crippen LogP contribution is 2.26. The van der Waals surface area contributed by atoms with Gasteiger partial charge in [0.25, 0.3) is 5.91 Å². The minimum Gasteiger partial charge on any atom is -0.492 e. The van der Waals surface area contributed by atoms with Crippen molar-refractivity contribution in [3.8, 4) is 5.75 Å². The lowest BCUT2D eigenvalue weighted by atomic mass is 10.1. The number of carbonyl (C=O) groups is 1. The molecule has 0 saturated carbocycles. The maximum absolute atomic E-state index is 13.1. The first-order chi connectivity index (χ1) is 16.1. The molecule has 2 N–H and O–H groups in total. The van der Waals surface area contributed by atoms with E-state index in [2.05, 4.69) is 32.1 Å². The van der Waals surface area contributed by atoms with Gasteiger partial charge in [0.1, 0.15) is 24.4 Å². The summed E-state index contributed by atoms with van der Waals surface area (Å²) in [7, 11) is 0. The van der Waals surface area contributed by atoms with E-state index >= 15 is 0 Å². The van der Waals surface area contributed by atoms with E-state index in [1.54, 1.807) is 0 Å². The number of rotatable bonds is 6. The summed E-state index contributed by atoms with van der Waals surface area (Å²) in [6.07, 6.45) is 1.42. The van der Waals surface area contributed by atoms with Gasteiger partial charge in [-0.2, -0.15) is 0 Å². The van der Waals surface area contributed by atoms with E-state index in [1.165, 1.54) is 11.9 Å². The molecule has 0 unspecified atom stereocenters. The fourth-order valence-electron chi connectivity index (χ4n) is 4.15. The maximum atomic E-state index is 13.1. The number of hydrogen-bond donors (Lipinski definition) is 2. The topological polar surface area (TPSA) is 92.4 Å². The minimum absolute atomic E-state index is 0.280. The molecular formula is C25H27N5O3. The van der Waals surface area contributed by atoms with Crippen molar-refractivity contribution in [1.82, 2.24) is 19.9 Å². The summed E-state index contributed by atoms with van der Waals surface area (Å²) >= 11 is 0. The van der Waals surface area contributed by atoms with E-state index < -0.39 is 0 Å². The SMILES string of the molecule is Cc1[nH]c2ccc(NC(=O)c3ncnc4ccc(OCCN5CCOCC5)cc34)cc2c1C. The third-order valence-corrected chi connectivity index (χ3v) is 6.17. The summed E-state index contributed by atoms with van der Waals surface area (Å²) in [6.45, 7) is 8.89.